The summed E-state index contributed by atoms with van der Waals surface area (Å²) in [6.45, 7) is 15.7. The maximum Gasteiger partial charge on any atom is 0.123 e. The van der Waals surface area contributed by atoms with Gasteiger partial charge in [0, 0.05) is 28.1 Å². The van der Waals surface area contributed by atoms with Crippen LogP contribution in [-0.2, 0) is 17.4 Å². The maximum atomic E-state index is 10.9. The molecule has 0 aliphatic rings. The highest BCUT2D eigenvalue weighted by Gasteiger charge is 2.27. The zero-order valence-electron chi connectivity index (χ0n) is 16.6. The van der Waals surface area contributed by atoms with Gasteiger partial charge in [-0.25, -0.2) is 4.98 Å². The SMILES string of the molecule is CNCc1nc(-c2cc(C(C)(C)C)c(O)c(C(C)(C)C)c2)c(C)s1.Cl. The van der Waals surface area contributed by atoms with Crippen LogP contribution in [0.4, 0.5) is 0 Å². The van der Waals surface area contributed by atoms with E-state index < -0.39 is 0 Å². The molecule has 0 bridgehead atoms. The van der Waals surface area contributed by atoms with E-state index in [4.69, 9.17) is 4.98 Å². The summed E-state index contributed by atoms with van der Waals surface area (Å²) in [7, 11) is 1.94. The number of phenolic OH excluding ortho intramolecular Hbond substituents is 1. The Morgan fingerprint density at radius 1 is 1.04 bits per heavy atom. The van der Waals surface area contributed by atoms with E-state index in [-0.39, 0.29) is 23.2 Å². The number of aromatic nitrogens is 1. The smallest absolute Gasteiger partial charge is 0.123 e. The minimum atomic E-state index is -0.127. The van der Waals surface area contributed by atoms with Crippen LogP contribution >= 0.6 is 23.7 Å². The number of aryl methyl sites for hydroxylation is 1. The molecule has 3 nitrogen and oxygen atoms in total. The maximum absolute atomic E-state index is 10.9. The van der Waals surface area contributed by atoms with Crippen LogP contribution in [-0.4, -0.2) is 17.1 Å². The fourth-order valence-corrected chi connectivity index (χ4v) is 3.83. The Balaban J connectivity index is 0.00000312. The molecule has 0 fully saturated rings. The Bertz CT molecular complexity index is 704. The van der Waals surface area contributed by atoms with Gasteiger partial charge in [0.25, 0.3) is 0 Å². The van der Waals surface area contributed by atoms with Gasteiger partial charge in [0.2, 0.25) is 0 Å². The van der Waals surface area contributed by atoms with Crippen LogP contribution in [0.2, 0.25) is 0 Å². The third kappa shape index (κ3) is 4.75. The third-order valence-electron chi connectivity index (χ3n) is 4.17. The molecule has 0 saturated heterocycles. The van der Waals surface area contributed by atoms with Gasteiger partial charge in [-0.15, -0.1) is 23.7 Å². The highest BCUT2D eigenvalue weighted by Crippen LogP contribution is 2.42. The van der Waals surface area contributed by atoms with E-state index >= 15 is 0 Å². The van der Waals surface area contributed by atoms with Crippen molar-refractivity contribution in [2.45, 2.75) is 65.8 Å². The molecule has 1 aromatic heterocycles. The lowest BCUT2D eigenvalue weighted by molar-refractivity contribution is 0.423. The van der Waals surface area contributed by atoms with E-state index in [9.17, 15) is 5.11 Å². The van der Waals surface area contributed by atoms with Crippen molar-refractivity contribution in [3.05, 3.63) is 33.1 Å². The third-order valence-corrected chi connectivity index (χ3v) is 5.14. The topological polar surface area (TPSA) is 45.2 Å². The van der Waals surface area contributed by atoms with Gasteiger partial charge >= 0.3 is 0 Å². The predicted molar refractivity (Wildman–Crippen MR) is 111 cm³/mol. The normalized spacial score (nSPS) is 12.2. The van der Waals surface area contributed by atoms with Gasteiger partial charge < -0.3 is 10.4 Å². The molecule has 2 N–H and O–H groups in total. The molecule has 1 aromatic carbocycles. The molecule has 5 heteroatoms. The van der Waals surface area contributed by atoms with Crippen LogP contribution < -0.4 is 5.32 Å². The average molecular weight is 383 g/mol. The van der Waals surface area contributed by atoms with Crippen molar-refractivity contribution in [2.75, 3.05) is 7.05 Å². The van der Waals surface area contributed by atoms with Crippen LogP contribution in [0.1, 0.15) is 62.6 Å². The van der Waals surface area contributed by atoms with E-state index in [1.165, 1.54) is 4.88 Å². The average Bonchev–Trinajstić information content (AvgIpc) is 2.77. The van der Waals surface area contributed by atoms with Gasteiger partial charge in [0.15, 0.2) is 0 Å². The summed E-state index contributed by atoms with van der Waals surface area (Å²) in [4.78, 5) is 6.03. The summed E-state index contributed by atoms with van der Waals surface area (Å²) in [5.41, 5.74) is 3.83. The number of nitrogens with zero attached hydrogens (tertiary/aromatic N) is 1. The number of thiazole rings is 1. The van der Waals surface area contributed by atoms with E-state index in [0.717, 1.165) is 33.9 Å². The molecule has 0 aliphatic carbocycles. The van der Waals surface area contributed by atoms with Crippen molar-refractivity contribution in [2.24, 2.45) is 0 Å². The number of nitrogens with one attached hydrogen (secondary N) is 1. The molecule has 0 atom stereocenters. The number of benzene rings is 1. The first-order valence-electron chi connectivity index (χ1n) is 8.44. The summed E-state index contributed by atoms with van der Waals surface area (Å²) in [5, 5.41) is 15.1. The summed E-state index contributed by atoms with van der Waals surface area (Å²) in [5.74, 6) is 0.419. The number of hydrogen-bond acceptors (Lipinski definition) is 4. The van der Waals surface area contributed by atoms with Gasteiger partial charge in [0.05, 0.1) is 5.69 Å². The highest BCUT2D eigenvalue weighted by molar-refractivity contribution is 7.12. The van der Waals surface area contributed by atoms with Crippen LogP contribution in [0.15, 0.2) is 12.1 Å². The summed E-state index contributed by atoms with van der Waals surface area (Å²) >= 11 is 1.73. The largest absolute Gasteiger partial charge is 0.507 e. The lowest BCUT2D eigenvalue weighted by Crippen LogP contribution is -2.17. The first kappa shape index (κ1) is 21.9. The van der Waals surface area contributed by atoms with Gasteiger partial charge in [-0.2, -0.15) is 0 Å². The second kappa shape index (κ2) is 7.65. The molecule has 0 unspecified atom stereocenters. The fraction of sp³-hybridized carbons (Fsp3) is 0.550. The molecule has 2 rings (SSSR count). The predicted octanol–water partition coefficient (Wildman–Crippen LogP) is 5.56. The van der Waals surface area contributed by atoms with Crippen molar-refractivity contribution in [3.8, 4) is 17.0 Å². The Kier molecular flexibility index (Phi) is 6.71. The van der Waals surface area contributed by atoms with Gasteiger partial charge in [-0.1, -0.05) is 41.5 Å². The van der Waals surface area contributed by atoms with Crippen molar-refractivity contribution in [1.29, 1.82) is 0 Å². The highest BCUT2D eigenvalue weighted by atomic mass is 35.5. The molecule has 140 valence electrons. The molecule has 0 saturated carbocycles. The molecule has 0 aliphatic heterocycles. The number of aromatic hydroxyl groups is 1. The van der Waals surface area contributed by atoms with Gasteiger partial charge in [-0.05, 0) is 36.9 Å². The molecule has 1 heterocycles. The lowest BCUT2D eigenvalue weighted by Gasteiger charge is -2.28. The molecule has 25 heavy (non-hydrogen) atoms. The van der Waals surface area contributed by atoms with Crippen LogP contribution in [0.5, 0.6) is 5.75 Å². The number of halogens is 1. The van der Waals surface area contributed by atoms with Crippen molar-refractivity contribution in [3.63, 3.8) is 0 Å². The Morgan fingerprint density at radius 3 is 1.92 bits per heavy atom. The first-order valence-corrected chi connectivity index (χ1v) is 9.26. The Labute approximate surface area is 162 Å². The number of hydrogen-bond donors (Lipinski definition) is 2. The monoisotopic (exact) mass is 382 g/mol. The summed E-state index contributed by atoms with van der Waals surface area (Å²) in [6, 6.07) is 4.21. The van der Waals surface area contributed by atoms with Crippen molar-refractivity contribution >= 4 is 23.7 Å². The zero-order valence-corrected chi connectivity index (χ0v) is 18.2. The standard InChI is InChI=1S/C20H30N2OS.ClH/c1-12-17(22-16(24-12)11-21-8)13-9-14(19(2,3)4)18(23)15(10-13)20(5,6)7;/h9-10,21,23H,11H2,1-8H3;1H. The number of phenols is 1. The van der Waals surface area contributed by atoms with E-state index in [2.05, 4.69) is 65.9 Å². The van der Waals surface area contributed by atoms with Crippen LogP contribution in [0, 0.1) is 6.92 Å². The zero-order chi connectivity index (χ0) is 18.3. The molecule has 0 radical (unpaired) electrons. The minimum Gasteiger partial charge on any atom is -0.507 e. The van der Waals surface area contributed by atoms with Crippen LogP contribution in [0.3, 0.4) is 0 Å². The first-order chi connectivity index (χ1) is 10.9. The Hall–Kier alpha value is -1.10. The molecule has 0 spiro atoms. The van der Waals surface area contributed by atoms with E-state index in [0.29, 0.717) is 5.75 Å². The fourth-order valence-electron chi connectivity index (χ4n) is 2.86. The molecule has 2 aromatic rings. The second-order valence-electron chi connectivity index (χ2n) is 8.46. The van der Waals surface area contributed by atoms with E-state index in [1.807, 2.05) is 7.05 Å². The van der Waals surface area contributed by atoms with Crippen molar-refractivity contribution < 1.29 is 5.11 Å². The lowest BCUT2D eigenvalue weighted by atomic mass is 9.78. The second-order valence-corrected chi connectivity index (χ2v) is 9.75. The van der Waals surface area contributed by atoms with Crippen molar-refractivity contribution in [1.82, 2.24) is 10.3 Å². The minimum absolute atomic E-state index is 0. The summed E-state index contributed by atoms with van der Waals surface area (Å²) < 4.78 is 0. The molecule has 0 amide bonds. The summed E-state index contributed by atoms with van der Waals surface area (Å²) in [6.07, 6.45) is 0. The number of rotatable bonds is 3. The molecular weight excluding hydrogens is 352 g/mol. The van der Waals surface area contributed by atoms with Gasteiger partial charge in [-0.3, -0.25) is 0 Å². The van der Waals surface area contributed by atoms with Gasteiger partial charge in [0.1, 0.15) is 10.8 Å². The van der Waals surface area contributed by atoms with E-state index in [1.54, 1.807) is 11.3 Å². The molecular formula is C20H31ClN2OS. The Morgan fingerprint density at radius 2 is 1.52 bits per heavy atom. The van der Waals surface area contributed by atoms with Crippen LogP contribution in [0.25, 0.3) is 11.3 Å². The quantitative estimate of drug-likeness (QED) is 0.730.